The predicted octanol–water partition coefficient (Wildman–Crippen LogP) is 7.14. The largest absolute Gasteiger partial charge is 0.264 e. The quantitative estimate of drug-likeness (QED) is 0.338. The Morgan fingerprint density at radius 1 is 0.615 bits per heavy atom. The number of nitrogens with zero attached hydrogens (tertiary/aromatic N) is 2. The summed E-state index contributed by atoms with van der Waals surface area (Å²) in [5, 5.41) is 4.98. The number of rotatable bonds is 0. The average Bonchev–Trinajstić information content (AvgIpc) is 2.72. The third-order valence-electron chi connectivity index (χ3n) is 3.70. The fourth-order valence-corrected chi connectivity index (χ4v) is 2.47. The number of pyridine rings is 2. The lowest BCUT2D eigenvalue weighted by Gasteiger charge is -1.98. The van der Waals surface area contributed by atoms with E-state index in [0.717, 1.165) is 0 Å². The van der Waals surface area contributed by atoms with Gasteiger partial charge in [0.1, 0.15) is 0 Å². The lowest BCUT2D eigenvalue weighted by molar-refractivity contribution is 1.35. The van der Waals surface area contributed by atoms with E-state index in [4.69, 9.17) is 0 Å². The number of aryl methyl sites for hydroxylation is 2. The molecule has 2 aromatic carbocycles. The van der Waals surface area contributed by atoms with Gasteiger partial charge in [0, 0.05) is 35.6 Å². The topological polar surface area (TPSA) is 25.8 Å². The molecule has 4 rings (SSSR count). The molecular weight excluding hydrogens is 316 g/mol. The second-order valence-corrected chi connectivity index (χ2v) is 5.40. The predicted molar refractivity (Wildman–Crippen MR) is 116 cm³/mol. The summed E-state index contributed by atoms with van der Waals surface area (Å²) in [5.74, 6) is 0. The van der Waals surface area contributed by atoms with E-state index >= 15 is 0 Å². The van der Waals surface area contributed by atoms with Crippen LogP contribution in [0.4, 0.5) is 0 Å². The van der Waals surface area contributed by atoms with Gasteiger partial charge in [-0.15, -0.1) is 0 Å². The van der Waals surface area contributed by atoms with Crippen LogP contribution in [-0.4, -0.2) is 9.97 Å². The first-order valence-corrected chi connectivity index (χ1v) is 9.34. The summed E-state index contributed by atoms with van der Waals surface area (Å²) in [5.41, 5.74) is 2.57. The van der Waals surface area contributed by atoms with Gasteiger partial charge in [0.25, 0.3) is 0 Å². The third kappa shape index (κ3) is 5.96. The van der Waals surface area contributed by atoms with Crippen LogP contribution in [-0.2, 0) is 0 Å². The van der Waals surface area contributed by atoms with Gasteiger partial charge in [-0.2, -0.15) is 0 Å². The maximum absolute atomic E-state index is 4.07. The van der Waals surface area contributed by atoms with Gasteiger partial charge in [-0.1, -0.05) is 63.6 Å². The van der Waals surface area contributed by atoms with Crippen molar-refractivity contribution in [2.75, 3.05) is 0 Å². The zero-order chi connectivity index (χ0) is 19.4. The molecule has 0 saturated carbocycles. The second kappa shape index (κ2) is 11.8. The normalized spacial score (nSPS) is 9.15. The molecule has 0 radical (unpaired) electrons. The van der Waals surface area contributed by atoms with Crippen LogP contribution in [0.25, 0.3) is 21.5 Å². The Hall–Kier alpha value is -2.74. The second-order valence-electron chi connectivity index (χ2n) is 5.40. The van der Waals surface area contributed by atoms with E-state index in [9.17, 15) is 0 Å². The van der Waals surface area contributed by atoms with Crippen molar-refractivity contribution < 1.29 is 0 Å². The number of fused-ring (bicyclic) bond motifs is 2. The summed E-state index contributed by atoms with van der Waals surface area (Å²) >= 11 is 0. The minimum Gasteiger partial charge on any atom is -0.264 e. The summed E-state index contributed by atoms with van der Waals surface area (Å²) in [6.07, 6.45) is 7.44. The van der Waals surface area contributed by atoms with Crippen molar-refractivity contribution in [2.45, 2.75) is 41.5 Å². The Balaban J connectivity index is 0.000000219. The Kier molecular flexibility index (Phi) is 9.63. The first-order chi connectivity index (χ1) is 12.7. The molecule has 0 atom stereocenters. The van der Waals surface area contributed by atoms with Crippen LogP contribution in [0.5, 0.6) is 0 Å². The van der Waals surface area contributed by atoms with E-state index in [1.807, 2.05) is 64.6 Å². The molecule has 2 heteroatoms. The molecule has 4 aromatic rings. The van der Waals surface area contributed by atoms with E-state index in [-0.39, 0.29) is 0 Å². The van der Waals surface area contributed by atoms with Crippen molar-refractivity contribution in [3.05, 3.63) is 84.4 Å². The monoisotopic (exact) mass is 346 g/mol. The molecule has 2 aromatic heterocycles. The third-order valence-corrected chi connectivity index (χ3v) is 3.70. The van der Waals surface area contributed by atoms with Gasteiger partial charge in [0.2, 0.25) is 0 Å². The van der Waals surface area contributed by atoms with Gasteiger partial charge < -0.3 is 0 Å². The highest BCUT2D eigenvalue weighted by molar-refractivity contribution is 5.84. The van der Waals surface area contributed by atoms with E-state index in [1.54, 1.807) is 0 Å². The summed E-state index contributed by atoms with van der Waals surface area (Å²) in [7, 11) is 0. The van der Waals surface area contributed by atoms with Crippen LogP contribution in [0, 0.1) is 13.8 Å². The molecule has 0 N–H and O–H groups in total. The molecule has 26 heavy (non-hydrogen) atoms. The fraction of sp³-hybridized carbons (Fsp3) is 0.250. The molecule has 0 spiro atoms. The summed E-state index contributed by atoms with van der Waals surface area (Å²) in [6.45, 7) is 12.2. The lowest BCUT2D eigenvalue weighted by atomic mass is 10.1. The molecule has 136 valence electrons. The summed E-state index contributed by atoms with van der Waals surface area (Å²) in [4.78, 5) is 8.13. The minimum atomic E-state index is 1.22. The van der Waals surface area contributed by atoms with Crippen LogP contribution in [0.1, 0.15) is 38.8 Å². The number of aromatic nitrogens is 2. The molecular formula is C24H30N2. The van der Waals surface area contributed by atoms with Crippen molar-refractivity contribution >= 4 is 21.5 Å². The minimum absolute atomic E-state index is 1.22. The van der Waals surface area contributed by atoms with Crippen molar-refractivity contribution in [1.82, 2.24) is 9.97 Å². The molecule has 0 saturated heterocycles. The highest BCUT2D eigenvalue weighted by Crippen LogP contribution is 2.15. The molecule has 0 aliphatic heterocycles. The molecule has 2 nitrogen and oxygen atoms in total. The fourth-order valence-electron chi connectivity index (χ4n) is 2.47. The summed E-state index contributed by atoms with van der Waals surface area (Å²) < 4.78 is 0. The molecule has 0 unspecified atom stereocenters. The highest BCUT2D eigenvalue weighted by Gasteiger charge is 1.93. The average molecular weight is 347 g/mol. The Morgan fingerprint density at radius 2 is 1.27 bits per heavy atom. The molecule has 0 fully saturated rings. The smallest absolute Gasteiger partial charge is 0.0349 e. The number of hydrogen-bond acceptors (Lipinski definition) is 2. The number of hydrogen-bond donors (Lipinski definition) is 0. The van der Waals surface area contributed by atoms with Gasteiger partial charge >= 0.3 is 0 Å². The van der Waals surface area contributed by atoms with Gasteiger partial charge in [0.05, 0.1) is 0 Å². The van der Waals surface area contributed by atoms with Crippen molar-refractivity contribution in [1.29, 1.82) is 0 Å². The van der Waals surface area contributed by atoms with Crippen LogP contribution < -0.4 is 0 Å². The first-order valence-electron chi connectivity index (χ1n) is 9.34. The molecule has 0 bridgehead atoms. The van der Waals surface area contributed by atoms with E-state index < -0.39 is 0 Å². The number of benzene rings is 2. The lowest BCUT2D eigenvalue weighted by Crippen LogP contribution is -1.78. The van der Waals surface area contributed by atoms with Gasteiger partial charge in [-0.25, -0.2) is 0 Å². The van der Waals surface area contributed by atoms with Crippen LogP contribution in [0.2, 0.25) is 0 Å². The summed E-state index contributed by atoms with van der Waals surface area (Å²) in [6, 6.07) is 16.7. The first kappa shape index (κ1) is 21.3. The zero-order valence-corrected chi connectivity index (χ0v) is 16.8. The molecule has 2 heterocycles. The zero-order valence-electron chi connectivity index (χ0n) is 16.8. The van der Waals surface area contributed by atoms with Crippen molar-refractivity contribution in [3.8, 4) is 0 Å². The maximum atomic E-state index is 4.07. The molecule has 0 aliphatic rings. The Labute approximate surface area is 157 Å². The van der Waals surface area contributed by atoms with Gasteiger partial charge in [-0.05, 0) is 48.4 Å². The van der Waals surface area contributed by atoms with E-state index in [2.05, 4.69) is 60.2 Å². The van der Waals surface area contributed by atoms with Crippen LogP contribution in [0.15, 0.2) is 73.3 Å². The van der Waals surface area contributed by atoms with Crippen molar-refractivity contribution in [2.24, 2.45) is 0 Å². The molecule has 0 amide bonds. The van der Waals surface area contributed by atoms with Crippen LogP contribution in [0.3, 0.4) is 0 Å². The standard InChI is InChI=1S/2C10H9N.2C2H6/c1-8-2-3-9-4-5-11-7-10(9)6-8;1-8-3-2-4-9-5-6-11-7-10(8)9;2*1-2/h2*2-7H,1H3;2*1-2H3. The Morgan fingerprint density at radius 3 is 1.96 bits per heavy atom. The SMILES string of the molecule is CC.CC.Cc1ccc2ccncc2c1.Cc1cccc2ccncc12. The van der Waals surface area contributed by atoms with Gasteiger partial charge in [-0.3, -0.25) is 9.97 Å². The maximum Gasteiger partial charge on any atom is 0.0349 e. The van der Waals surface area contributed by atoms with Crippen molar-refractivity contribution in [3.63, 3.8) is 0 Å². The van der Waals surface area contributed by atoms with Gasteiger partial charge in [0.15, 0.2) is 0 Å². The Bertz CT molecular complexity index is 902. The van der Waals surface area contributed by atoms with Crippen LogP contribution >= 0.6 is 0 Å². The van der Waals surface area contributed by atoms with E-state index in [0.29, 0.717) is 0 Å². The van der Waals surface area contributed by atoms with E-state index in [1.165, 1.54) is 32.7 Å². The molecule has 0 aliphatic carbocycles. The highest BCUT2D eigenvalue weighted by atomic mass is 14.6.